The van der Waals surface area contributed by atoms with E-state index in [2.05, 4.69) is 5.73 Å². The topological polar surface area (TPSA) is 69.4 Å². The summed E-state index contributed by atoms with van der Waals surface area (Å²) in [5, 5.41) is 0. The van der Waals surface area contributed by atoms with Crippen molar-refractivity contribution in [1.29, 1.82) is 0 Å². The number of carbonyl (C=O) groups excluding carboxylic acids is 2. The number of ether oxygens (including phenoxy) is 1. The first kappa shape index (κ1) is 14.2. The molecule has 0 radical (unpaired) electrons. The van der Waals surface area contributed by atoms with Gasteiger partial charge in [0, 0.05) is 0 Å². The van der Waals surface area contributed by atoms with Crippen LogP contribution in [0.2, 0.25) is 0 Å². The number of primary amides is 1. The van der Waals surface area contributed by atoms with Crippen LogP contribution >= 0.6 is 0 Å². The Morgan fingerprint density at radius 3 is 2.38 bits per heavy atom. The molecule has 13 heavy (non-hydrogen) atoms. The Morgan fingerprint density at radius 1 is 1.62 bits per heavy atom. The lowest BCUT2D eigenvalue weighted by atomic mass is 10.2. The summed E-state index contributed by atoms with van der Waals surface area (Å²) >= 11 is 0. The molecule has 1 atom stereocenters. The number of esters is 1. The van der Waals surface area contributed by atoms with Gasteiger partial charge in [-0.1, -0.05) is 12.2 Å². The van der Waals surface area contributed by atoms with E-state index in [1.54, 1.807) is 6.92 Å². The highest BCUT2D eigenvalue weighted by molar-refractivity contribution is 5.73. The molecule has 1 amide bonds. The number of amides is 1. The molecule has 1 unspecified atom stereocenters. The zero-order chi connectivity index (χ0) is 10.7. The van der Waals surface area contributed by atoms with Gasteiger partial charge in [0.1, 0.15) is 0 Å². The first-order chi connectivity index (χ1) is 6.13. The van der Waals surface area contributed by atoms with Crippen molar-refractivity contribution in [2.24, 2.45) is 11.7 Å². The van der Waals surface area contributed by atoms with Crippen molar-refractivity contribution < 1.29 is 14.3 Å². The van der Waals surface area contributed by atoms with Gasteiger partial charge < -0.3 is 10.5 Å². The fourth-order valence-electron chi connectivity index (χ4n) is 0.641. The van der Waals surface area contributed by atoms with Crippen LogP contribution in [-0.4, -0.2) is 19.0 Å². The SMILES string of the molecule is CC=CC(C)C(=O)OCC.NC=O. The molecule has 4 nitrogen and oxygen atoms in total. The molecule has 2 N–H and O–H groups in total. The van der Waals surface area contributed by atoms with E-state index in [0.29, 0.717) is 6.61 Å². The van der Waals surface area contributed by atoms with E-state index >= 15 is 0 Å². The molecular formula is C9H17NO3. The monoisotopic (exact) mass is 187 g/mol. The lowest BCUT2D eigenvalue weighted by molar-refractivity contribution is -0.145. The normalized spacial score (nSPS) is 11.3. The van der Waals surface area contributed by atoms with Crippen LogP contribution in [-0.2, 0) is 14.3 Å². The van der Waals surface area contributed by atoms with Gasteiger partial charge in [-0.05, 0) is 20.8 Å². The molecule has 0 aromatic heterocycles. The van der Waals surface area contributed by atoms with Crippen LogP contribution in [0.4, 0.5) is 0 Å². The van der Waals surface area contributed by atoms with Crippen LogP contribution in [0.1, 0.15) is 20.8 Å². The van der Waals surface area contributed by atoms with E-state index in [1.807, 2.05) is 26.0 Å². The number of allylic oxidation sites excluding steroid dienone is 1. The standard InChI is InChI=1S/C8H14O2.CH3NO/c1-4-6-7(3)8(9)10-5-2;2-1-3/h4,6-7H,5H2,1-3H3;1H,(H2,2,3). The maximum Gasteiger partial charge on any atom is 0.312 e. The smallest absolute Gasteiger partial charge is 0.312 e. The van der Waals surface area contributed by atoms with Crippen LogP contribution in [0.3, 0.4) is 0 Å². The fourth-order valence-corrected chi connectivity index (χ4v) is 0.641. The third-order valence-electron chi connectivity index (χ3n) is 1.14. The number of carbonyl (C=O) groups is 2. The number of hydrogen-bond acceptors (Lipinski definition) is 3. The van der Waals surface area contributed by atoms with Gasteiger partial charge in [-0.25, -0.2) is 0 Å². The van der Waals surface area contributed by atoms with E-state index in [4.69, 9.17) is 9.53 Å². The molecule has 0 bridgehead atoms. The van der Waals surface area contributed by atoms with Crippen molar-refractivity contribution in [2.45, 2.75) is 20.8 Å². The summed E-state index contributed by atoms with van der Waals surface area (Å²) in [6.45, 7) is 5.97. The lowest BCUT2D eigenvalue weighted by Gasteiger charge is -2.03. The predicted octanol–water partition coefficient (Wildman–Crippen LogP) is 0.863. The molecule has 0 aliphatic rings. The Hall–Kier alpha value is -1.32. The molecule has 0 heterocycles. The van der Waals surface area contributed by atoms with Gasteiger partial charge in [0.2, 0.25) is 6.41 Å². The van der Waals surface area contributed by atoms with Gasteiger partial charge >= 0.3 is 5.97 Å². The largest absolute Gasteiger partial charge is 0.466 e. The van der Waals surface area contributed by atoms with Gasteiger partial charge in [-0.15, -0.1) is 0 Å². The van der Waals surface area contributed by atoms with E-state index in [9.17, 15) is 4.79 Å². The maximum atomic E-state index is 10.9. The molecule has 0 aliphatic carbocycles. The maximum absolute atomic E-state index is 10.9. The molecule has 0 spiro atoms. The van der Waals surface area contributed by atoms with Crippen LogP contribution in [0.25, 0.3) is 0 Å². The summed E-state index contributed by atoms with van der Waals surface area (Å²) in [5.74, 6) is -0.259. The minimum absolute atomic E-state index is 0.107. The average Bonchev–Trinajstić information content (AvgIpc) is 2.06. The summed E-state index contributed by atoms with van der Waals surface area (Å²) in [4.78, 5) is 19.4. The van der Waals surface area contributed by atoms with Gasteiger partial charge in [0.25, 0.3) is 0 Å². The average molecular weight is 187 g/mol. The molecule has 76 valence electrons. The molecule has 0 aromatic rings. The first-order valence-electron chi connectivity index (χ1n) is 4.08. The molecule has 0 fully saturated rings. The minimum Gasteiger partial charge on any atom is -0.466 e. The van der Waals surface area contributed by atoms with Crippen LogP contribution in [0, 0.1) is 5.92 Å². The Labute approximate surface area is 78.8 Å². The van der Waals surface area contributed by atoms with E-state index in [0.717, 1.165) is 0 Å². The summed E-state index contributed by atoms with van der Waals surface area (Å²) in [6.07, 6.45) is 3.92. The van der Waals surface area contributed by atoms with Crippen molar-refractivity contribution >= 4 is 12.4 Å². The van der Waals surface area contributed by atoms with Gasteiger partial charge in [0.15, 0.2) is 0 Å². The Morgan fingerprint density at radius 2 is 2.08 bits per heavy atom. The highest BCUT2D eigenvalue weighted by atomic mass is 16.5. The molecule has 0 aromatic carbocycles. The Kier molecular flexibility index (Phi) is 11.7. The zero-order valence-electron chi connectivity index (χ0n) is 8.32. The minimum atomic E-state index is -0.152. The summed E-state index contributed by atoms with van der Waals surface area (Å²) in [6, 6.07) is 0. The second-order valence-corrected chi connectivity index (χ2v) is 2.20. The second kappa shape index (κ2) is 10.7. The van der Waals surface area contributed by atoms with Crippen LogP contribution in [0.5, 0.6) is 0 Å². The van der Waals surface area contributed by atoms with Gasteiger partial charge in [-0.2, -0.15) is 0 Å². The van der Waals surface area contributed by atoms with Gasteiger partial charge in [-0.3, -0.25) is 9.59 Å². The molecule has 0 saturated carbocycles. The quantitative estimate of drug-likeness (QED) is 0.405. The van der Waals surface area contributed by atoms with Crippen LogP contribution in [0.15, 0.2) is 12.2 Å². The van der Waals surface area contributed by atoms with Gasteiger partial charge in [0.05, 0.1) is 12.5 Å². The van der Waals surface area contributed by atoms with E-state index in [1.165, 1.54) is 0 Å². The number of hydrogen-bond donors (Lipinski definition) is 1. The van der Waals surface area contributed by atoms with Crippen molar-refractivity contribution in [3.05, 3.63) is 12.2 Å². The Balaban J connectivity index is 0. The molecule has 0 rings (SSSR count). The third-order valence-corrected chi connectivity index (χ3v) is 1.14. The number of rotatable bonds is 3. The van der Waals surface area contributed by atoms with E-state index in [-0.39, 0.29) is 18.3 Å². The molecule has 0 saturated heterocycles. The van der Waals surface area contributed by atoms with E-state index < -0.39 is 0 Å². The summed E-state index contributed by atoms with van der Waals surface area (Å²) in [5.41, 5.74) is 4.17. The molecule has 4 heteroatoms. The lowest BCUT2D eigenvalue weighted by Crippen LogP contribution is -2.12. The van der Waals surface area contributed by atoms with Crippen LogP contribution < -0.4 is 5.73 Å². The molecular weight excluding hydrogens is 170 g/mol. The zero-order valence-corrected chi connectivity index (χ0v) is 8.32. The molecule has 0 aliphatic heterocycles. The predicted molar refractivity (Wildman–Crippen MR) is 50.9 cm³/mol. The highest BCUT2D eigenvalue weighted by Gasteiger charge is 2.08. The Bertz CT molecular complexity index is 166. The van der Waals surface area contributed by atoms with Crippen molar-refractivity contribution in [3.8, 4) is 0 Å². The first-order valence-corrected chi connectivity index (χ1v) is 4.08. The van der Waals surface area contributed by atoms with Crippen molar-refractivity contribution in [3.63, 3.8) is 0 Å². The summed E-state index contributed by atoms with van der Waals surface area (Å²) in [7, 11) is 0. The van der Waals surface area contributed by atoms with Crippen molar-refractivity contribution in [2.75, 3.05) is 6.61 Å². The number of nitrogens with two attached hydrogens (primary N) is 1. The fraction of sp³-hybridized carbons (Fsp3) is 0.556. The third kappa shape index (κ3) is 10.7. The second-order valence-electron chi connectivity index (χ2n) is 2.20. The van der Waals surface area contributed by atoms with Crippen molar-refractivity contribution in [1.82, 2.24) is 0 Å². The summed E-state index contributed by atoms with van der Waals surface area (Å²) < 4.78 is 4.77. The highest BCUT2D eigenvalue weighted by Crippen LogP contribution is 1.99.